The van der Waals surface area contributed by atoms with Crippen LogP contribution in [0.5, 0.6) is 5.75 Å². The molecule has 0 unspecified atom stereocenters. The molecule has 2 fully saturated rings. The predicted octanol–water partition coefficient (Wildman–Crippen LogP) is 3.65. The van der Waals surface area contributed by atoms with Crippen molar-refractivity contribution in [1.82, 2.24) is 24.2 Å². The van der Waals surface area contributed by atoms with Gasteiger partial charge in [0.1, 0.15) is 17.2 Å². The van der Waals surface area contributed by atoms with Crippen molar-refractivity contribution in [2.24, 2.45) is 0 Å². The van der Waals surface area contributed by atoms with Crippen molar-refractivity contribution in [1.29, 1.82) is 0 Å². The maximum atomic E-state index is 13.5. The minimum absolute atomic E-state index is 0.000536. The Morgan fingerprint density at radius 1 is 1.15 bits per heavy atom. The third-order valence-corrected chi connectivity index (χ3v) is 9.12. The van der Waals surface area contributed by atoms with Crippen LogP contribution >= 0.6 is 0 Å². The van der Waals surface area contributed by atoms with Gasteiger partial charge in [-0.15, -0.1) is 0 Å². The molecule has 40 heavy (non-hydrogen) atoms. The molecule has 0 aliphatic carbocycles. The van der Waals surface area contributed by atoms with Gasteiger partial charge in [0.2, 0.25) is 16.0 Å². The number of morpholine rings is 1. The number of ether oxygens (including phenoxy) is 2. The molecule has 0 amide bonds. The van der Waals surface area contributed by atoms with Gasteiger partial charge in [0.05, 0.1) is 41.9 Å². The summed E-state index contributed by atoms with van der Waals surface area (Å²) in [5.41, 5.74) is -0.512. The van der Waals surface area contributed by atoms with E-state index in [-0.39, 0.29) is 33.4 Å². The van der Waals surface area contributed by atoms with Crippen LogP contribution in [0.15, 0.2) is 29.3 Å². The van der Waals surface area contributed by atoms with E-state index in [1.54, 1.807) is 6.92 Å². The summed E-state index contributed by atoms with van der Waals surface area (Å²) in [4.78, 5) is 13.5. The summed E-state index contributed by atoms with van der Waals surface area (Å²) in [5, 5.41) is 5.65. The summed E-state index contributed by atoms with van der Waals surface area (Å²) in [6, 6.07) is 4.76. The number of rotatable bonds is 8. The summed E-state index contributed by atoms with van der Waals surface area (Å²) in [7, 11) is -2.36. The Labute approximate surface area is 230 Å². The lowest BCUT2D eigenvalue weighted by Gasteiger charge is -2.39. The number of anilines is 3. The number of hydrogen-bond donors (Lipinski definition) is 3. The normalized spacial score (nSPS) is 18.2. The van der Waals surface area contributed by atoms with E-state index in [0.717, 1.165) is 32.1 Å². The number of H-pyrrole nitrogens is 1. The Morgan fingerprint density at radius 3 is 2.52 bits per heavy atom. The highest BCUT2D eigenvalue weighted by atomic mass is 32.2. The van der Waals surface area contributed by atoms with Crippen molar-refractivity contribution in [3.05, 3.63) is 30.0 Å². The van der Waals surface area contributed by atoms with E-state index in [1.807, 2.05) is 0 Å². The second kappa shape index (κ2) is 11.4. The summed E-state index contributed by atoms with van der Waals surface area (Å²) in [6.07, 6.45) is -2.23. The topological polar surface area (TPSA) is 125 Å². The molecule has 1 aromatic carbocycles. The lowest BCUT2D eigenvalue weighted by molar-refractivity contribution is -0.136. The van der Waals surface area contributed by atoms with E-state index in [2.05, 4.69) is 30.5 Å². The van der Waals surface area contributed by atoms with Gasteiger partial charge in [-0.05, 0) is 31.9 Å². The van der Waals surface area contributed by atoms with Crippen molar-refractivity contribution in [2.45, 2.75) is 36.9 Å². The van der Waals surface area contributed by atoms with Crippen molar-refractivity contribution < 1.29 is 31.1 Å². The Bertz CT molecular complexity index is 1450. The summed E-state index contributed by atoms with van der Waals surface area (Å²) in [6.45, 7) is 6.06. The first-order chi connectivity index (χ1) is 19.1. The van der Waals surface area contributed by atoms with Crippen LogP contribution in [-0.4, -0.2) is 91.7 Å². The number of aromatic nitrogens is 3. The molecule has 0 bridgehead atoms. The highest BCUT2D eigenvalue weighted by molar-refractivity contribution is 7.89. The Hall–Kier alpha value is -3.14. The van der Waals surface area contributed by atoms with Gasteiger partial charge in [-0.3, -0.25) is 4.90 Å². The smallest absolute Gasteiger partial charge is 0.418 e. The van der Waals surface area contributed by atoms with Crippen molar-refractivity contribution in [3.63, 3.8) is 0 Å². The molecule has 5 rings (SSSR count). The van der Waals surface area contributed by atoms with E-state index in [1.165, 1.54) is 29.6 Å². The van der Waals surface area contributed by atoms with Gasteiger partial charge in [-0.1, -0.05) is 0 Å². The number of halogens is 3. The number of sulfonamides is 1. The van der Waals surface area contributed by atoms with Crippen molar-refractivity contribution in [3.8, 4) is 5.75 Å². The average molecular weight is 584 g/mol. The first-order valence-electron chi connectivity index (χ1n) is 13.1. The number of hydrogen-bond acceptors (Lipinski definition) is 9. The quantitative estimate of drug-likeness (QED) is 0.365. The fraction of sp³-hybridized carbons (Fsp3) is 0.520. The molecule has 2 saturated heterocycles. The molecule has 0 radical (unpaired) electrons. The number of methoxy groups -OCH3 is 1. The molecular weight excluding hydrogens is 551 g/mol. The number of fused-ring (bicyclic) bond motifs is 1. The minimum Gasteiger partial charge on any atom is -0.495 e. The number of nitrogens with zero attached hydrogens (tertiary/aromatic N) is 4. The second-order valence-corrected chi connectivity index (χ2v) is 11.6. The number of piperidine rings is 1. The first kappa shape index (κ1) is 28.4. The third kappa shape index (κ3) is 5.68. The molecule has 11 nitrogen and oxygen atoms in total. The highest BCUT2D eigenvalue weighted by Crippen LogP contribution is 2.38. The average Bonchev–Trinajstić information content (AvgIpc) is 3.39. The molecule has 4 heterocycles. The van der Waals surface area contributed by atoms with Gasteiger partial charge >= 0.3 is 6.18 Å². The molecule has 0 spiro atoms. The molecule has 2 aromatic heterocycles. The van der Waals surface area contributed by atoms with E-state index in [4.69, 9.17) is 9.47 Å². The van der Waals surface area contributed by atoms with Gasteiger partial charge in [0.15, 0.2) is 0 Å². The number of alkyl halides is 3. The van der Waals surface area contributed by atoms with E-state index < -0.39 is 21.8 Å². The molecule has 3 N–H and O–H groups in total. The molecule has 0 saturated carbocycles. The number of aromatic amines is 1. The molecule has 218 valence electrons. The third-order valence-electron chi connectivity index (χ3n) is 7.22. The van der Waals surface area contributed by atoms with Gasteiger partial charge in [-0.25, -0.2) is 8.42 Å². The van der Waals surface area contributed by atoms with Crippen molar-refractivity contribution >= 4 is 38.5 Å². The van der Waals surface area contributed by atoms with Crippen LogP contribution in [0.25, 0.3) is 11.0 Å². The van der Waals surface area contributed by atoms with Crippen LogP contribution in [0.1, 0.15) is 25.3 Å². The zero-order valence-corrected chi connectivity index (χ0v) is 23.0. The Kier molecular flexibility index (Phi) is 8.08. The van der Waals surface area contributed by atoms with Gasteiger partial charge in [-0.2, -0.15) is 27.4 Å². The second-order valence-electron chi connectivity index (χ2n) is 9.62. The zero-order chi connectivity index (χ0) is 28.5. The number of benzene rings is 1. The minimum atomic E-state index is -4.58. The Morgan fingerprint density at radius 2 is 1.88 bits per heavy atom. The molecule has 0 atom stereocenters. The van der Waals surface area contributed by atoms with Crippen LogP contribution in [0.2, 0.25) is 0 Å². The van der Waals surface area contributed by atoms with Gasteiger partial charge in [0, 0.05) is 51.0 Å². The maximum Gasteiger partial charge on any atom is 0.418 e. The van der Waals surface area contributed by atoms with E-state index in [0.29, 0.717) is 44.6 Å². The van der Waals surface area contributed by atoms with Gasteiger partial charge < -0.3 is 25.1 Å². The van der Waals surface area contributed by atoms with Gasteiger partial charge in [0.25, 0.3) is 0 Å². The monoisotopic (exact) mass is 583 g/mol. The summed E-state index contributed by atoms with van der Waals surface area (Å²) in [5.74, 6) is 0.251. The molecule has 15 heteroatoms. The fourth-order valence-corrected chi connectivity index (χ4v) is 6.69. The van der Waals surface area contributed by atoms with Crippen LogP contribution in [-0.2, 0) is 20.9 Å². The predicted molar refractivity (Wildman–Crippen MR) is 144 cm³/mol. The maximum absolute atomic E-state index is 13.5. The number of nitrogens with one attached hydrogen (secondary N) is 3. The van der Waals surface area contributed by atoms with Crippen molar-refractivity contribution in [2.75, 3.05) is 63.7 Å². The van der Waals surface area contributed by atoms with Crippen LogP contribution < -0.4 is 15.4 Å². The van der Waals surface area contributed by atoms with Crippen LogP contribution in [0.4, 0.5) is 30.6 Å². The van der Waals surface area contributed by atoms with Crippen LogP contribution in [0, 0.1) is 0 Å². The molecule has 2 aliphatic heterocycles. The lowest BCUT2D eigenvalue weighted by atomic mass is 10.0. The lowest BCUT2D eigenvalue weighted by Crippen LogP contribution is -2.50. The molecule has 3 aromatic rings. The van der Waals surface area contributed by atoms with E-state index in [9.17, 15) is 21.6 Å². The largest absolute Gasteiger partial charge is 0.495 e. The SMILES string of the molecule is CCNc1nc(Nc2ccc(S(=O)(=O)N3CCC(N4CCOCC4)CC3)cc2OC)nc2[nH]cc(C(F)(F)F)c12. The molecular formula is C25H32F3N7O4S. The van der Waals surface area contributed by atoms with Crippen LogP contribution in [0.3, 0.4) is 0 Å². The Balaban J connectivity index is 1.36. The first-order valence-corrected chi connectivity index (χ1v) is 14.5. The molecule has 2 aliphatic rings. The standard InChI is InChI=1S/C25H32F3N7O4S/c1-3-29-22-21-18(25(26,27)28)15-30-23(21)33-24(32-22)31-19-5-4-17(14-20(19)38-2)40(36,37)35-8-6-16(7-9-35)34-10-12-39-13-11-34/h4-5,14-16H,3,6-13H2,1-2H3,(H3,29,30,31,32,33). The zero-order valence-electron chi connectivity index (χ0n) is 22.2. The summed E-state index contributed by atoms with van der Waals surface area (Å²) >= 11 is 0. The highest BCUT2D eigenvalue weighted by Gasteiger charge is 2.36. The summed E-state index contributed by atoms with van der Waals surface area (Å²) < 4.78 is 79.7. The fourth-order valence-electron chi connectivity index (χ4n) is 5.20. The van der Waals surface area contributed by atoms with E-state index >= 15 is 0 Å².